The van der Waals surface area contributed by atoms with Gasteiger partial charge in [0.25, 0.3) is 5.91 Å². The summed E-state index contributed by atoms with van der Waals surface area (Å²) in [6.07, 6.45) is 0.360. The van der Waals surface area contributed by atoms with Crippen molar-refractivity contribution in [1.82, 2.24) is 5.32 Å². The minimum absolute atomic E-state index is 0.0859. The van der Waals surface area contributed by atoms with Crippen molar-refractivity contribution in [2.75, 3.05) is 18.1 Å². The number of benzene rings is 2. The van der Waals surface area contributed by atoms with E-state index >= 15 is 0 Å². The molecule has 3 rings (SSSR count). The molecule has 0 aromatic heterocycles. The van der Waals surface area contributed by atoms with Crippen LogP contribution in [0.25, 0.3) is 0 Å². The average molecular weight is 352 g/mol. The Balaban J connectivity index is 1.70. The van der Waals surface area contributed by atoms with Crippen LogP contribution in [0.4, 0.5) is 5.69 Å². The van der Waals surface area contributed by atoms with Crippen molar-refractivity contribution in [3.05, 3.63) is 59.2 Å². The summed E-state index contributed by atoms with van der Waals surface area (Å²) in [6, 6.07) is 13.1. The molecule has 1 heterocycles. The normalized spacial score (nSPS) is 14.1. The molecule has 0 bridgehead atoms. The number of likely N-dealkylation sites (N-methyl/N-ethyl adjacent to an activating group) is 1. The minimum atomic E-state index is -0.142. The van der Waals surface area contributed by atoms with Gasteiger partial charge in [-0.3, -0.25) is 9.59 Å². The number of fused-ring (bicyclic) bond motifs is 1. The summed E-state index contributed by atoms with van der Waals surface area (Å²) in [5.41, 5.74) is 3.41. The summed E-state index contributed by atoms with van der Waals surface area (Å²) in [7, 11) is 0. The Labute approximate surface area is 154 Å². The molecule has 5 heteroatoms. The Morgan fingerprint density at radius 3 is 2.58 bits per heavy atom. The molecule has 1 aliphatic rings. The van der Waals surface area contributed by atoms with Gasteiger partial charge >= 0.3 is 0 Å². The van der Waals surface area contributed by atoms with Crippen molar-refractivity contribution < 1.29 is 14.3 Å². The lowest BCUT2D eigenvalue weighted by Gasteiger charge is -2.16. The van der Waals surface area contributed by atoms with Crippen LogP contribution in [-0.4, -0.2) is 25.0 Å². The van der Waals surface area contributed by atoms with Gasteiger partial charge < -0.3 is 15.0 Å². The quantitative estimate of drug-likeness (QED) is 0.866. The standard InChI is InChI=1S/C21H24N2O3/c1-4-23-19-11-8-16(12-17(19)13-20(23)24)21(25)22-14(3)15-6-9-18(10-7-15)26-5-2/h6-12,14H,4-5,13H2,1-3H3,(H,22,25)/t14-/m1/s1. The molecule has 0 unspecified atom stereocenters. The number of amides is 2. The summed E-state index contributed by atoms with van der Waals surface area (Å²) < 4.78 is 5.44. The van der Waals surface area contributed by atoms with E-state index in [9.17, 15) is 9.59 Å². The molecule has 1 aliphatic heterocycles. The molecule has 0 saturated carbocycles. The van der Waals surface area contributed by atoms with Crippen LogP contribution >= 0.6 is 0 Å². The lowest BCUT2D eigenvalue weighted by Crippen LogP contribution is -2.27. The van der Waals surface area contributed by atoms with Crippen molar-refractivity contribution >= 4 is 17.5 Å². The monoisotopic (exact) mass is 352 g/mol. The van der Waals surface area contributed by atoms with Crippen LogP contribution in [0.5, 0.6) is 5.75 Å². The summed E-state index contributed by atoms with van der Waals surface area (Å²) in [5.74, 6) is 0.762. The Morgan fingerprint density at radius 2 is 1.92 bits per heavy atom. The molecule has 2 amide bonds. The van der Waals surface area contributed by atoms with E-state index in [1.54, 1.807) is 11.0 Å². The van der Waals surface area contributed by atoms with Gasteiger partial charge in [-0.1, -0.05) is 12.1 Å². The zero-order valence-corrected chi connectivity index (χ0v) is 15.4. The zero-order chi connectivity index (χ0) is 18.7. The fourth-order valence-corrected chi connectivity index (χ4v) is 3.25. The summed E-state index contributed by atoms with van der Waals surface area (Å²) >= 11 is 0. The van der Waals surface area contributed by atoms with Crippen molar-refractivity contribution in [2.45, 2.75) is 33.2 Å². The van der Waals surface area contributed by atoms with E-state index in [-0.39, 0.29) is 17.9 Å². The van der Waals surface area contributed by atoms with Crippen molar-refractivity contribution in [3.63, 3.8) is 0 Å². The molecule has 0 spiro atoms. The SMILES string of the molecule is CCOc1ccc([C@@H](C)NC(=O)c2ccc3c(c2)CC(=O)N3CC)cc1. The van der Waals surface area contributed by atoms with Crippen molar-refractivity contribution in [1.29, 1.82) is 0 Å². The lowest BCUT2D eigenvalue weighted by molar-refractivity contribution is -0.117. The van der Waals surface area contributed by atoms with Gasteiger partial charge in [0.15, 0.2) is 0 Å². The highest BCUT2D eigenvalue weighted by Gasteiger charge is 2.26. The van der Waals surface area contributed by atoms with Gasteiger partial charge in [-0.05, 0) is 62.2 Å². The first kappa shape index (κ1) is 18.0. The molecule has 0 saturated heterocycles. The fraction of sp³-hybridized carbons (Fsp3) is 0.333. The Kier molecular flexibility index (Phi) is 5.26. The molecule has 2 aromatic rings. The van der Waals surface area contributed by atoms with E-state index in [0.717, 1.165) is 22.6 Å². The number of rotatable bonds is 6. The highest BCUT2D eigenvalue weighted by Crippen LogP contribution is 2.29. The van der Waals surface area contributed by atoms with Gasteiger partial charge in [0.1, 0.15) is 5.75 Å². The number of carbonyl (C=O) groups is 2. The van der Waals surface area contributed by atoms with E-state index in [1.165, 1.54) is 0 Å². The second kappa shape index (κ2) is 7.60. The van der Waals surface area contributed by atoms with Gasteiger partial charge in [0.2, 0.25) is 5.91 Å². The van der Waals surface area contributed by atoms with E-state index < -0.39 is 0 Å². The van der Waals surface area contributed by atoms with Gasteiger partial charge in [0, 0.05) is 17.8 Å². The molecular weight excluding hydrogens is 328 g/mol. The third-order valence-electron chi connectivity index (χ3n) is 4.63. The number of ether oxygens (including phenoxy) is 1. The van der Waals surface area contributed by atoms with Gasteiger partial charge in [0.05, 0.1) is 19.1 Å². The van der Waals surface area contributed by atoms with Crippen LogP contribution in [0.15, 0.2) is 42.5 Å². The topological polar surface area (TPSA) is 58.6 Å². The van der Waals surface area contributed by atoms with E-state index in [4.69, 9.17) is 4.74 Å². The van der Waals surface area contributed by atoms with Gasteiger partial charge in [-0.2, -0.15) is 0 Å². The van der Waals surface area contributed by atoms with Gasteiger partial charge in [-0.25, -0.2) is 0 Å². The highest BCUT2D eigenvalue weighted by atomic mass is 16.5. The van der Waals surface area contributed by atoms with Crippen LogP contribution < -0.4 is 15.0 Å². The first-order valence-corrected chi connectivity index (χ1v) is 9.00. The minimum Gasteiger partial charge on any atom is -0.494 e. The Morgan fingerprint density at radius 1 is 1.19 bits per heavy atom. The number of nitrogens with one attached hydrogen (secondary N) is 1. The lowest BCUT2D eigenvalue weighted by atomic mass is 10.1. The molecule has 1 N–H and O–H groups in total. The molecule has 2 aromatic carbocycles. The summed E-state index contributed by atoms with van der Waals surface area (Å²) in [4.78, 5) is 26.3. The first-order valence-electron chi connectivity index (χ1n) is 9.00. The second-order valence-electron chi connectivity index (χ2n) is 6.36. The third kappa shape index (κ3) is 3.57. The highest BCUT2D eigenvalue weighted by molar-refractivity contribution is 6.03. The maximum atomic E-state index is 12.6. The van der Waals surface area contributed by atoms with Crippen molar-refractivity contribution in [3.8, 4) is 5.75 Å². The predicted molar refractivity (Wildman–Crippen MR) is 102 cm³/mol. The predicted octanol–water partition coefficient (Wildman–Crippen LogP) is 3.49. The Hall–Kier alpha value is -2.82. The Bertz CT molecular complexity index is 815. The van der Waals surface area contributed by atoms with Crippen LogP contribution in [-0.2, 0) is 11.2 Å². The largest absolute Gasteiger partial charge is 0.494 e. The number of carbonyl (C=O) groups excluding carboxylic acids is 2. The summed E-state index contributed by atoms with van der Waals surface area (Å²) in [6.45, 7) is 7.12. The molecule has 5 nitrogen and oxygen atoms in total. The number of anilines is 1. The van der Waals surface area contributed by atoms with Crippen molar-refractivity contribution in [2.24, 2.45) is 0 Å². The zero-order valence-electron chi connectivity index (χ0n) is 15.4. The number of hydrogen-bond acceptors (Lipinski definition) is 3. The van der Waals surface area contributed by atoms with Gasteiger partial charge in [-0.15, -0.1) is 0 Å². The number of nitrogens with zero attached hydrogens (tertiary/aromatic N) is 1. The molecule has 1 atom stereocenters. The maximum absolute atomic E-state index is 12.6. The molecule has 0 fully saturated rings. The van der Waals surface area contributed by atoms with E-state index in [2.05, 4.69) is 5.32 Å². The van der Waals surface area contributed by atoms with Crippen LogP contribution in [0.3, 0.4) is 0 Å². The summed E-state index contributed by atoms with van der Waals surface area (Å²) in [5, 5.41) is 3.01. The number of hydrogen-bond donors (Lipinski definition) is 1. The second-order valence-corrected chi connectivity index (χ2v) is 6.36. The smallest absolute Gasteiger partial charge is 0.251 e. The molecule has 0 radical (unpaired) electrons. The molecule has 26 heavy (non-hydrogen) atoms. The first-order chi connectivity index (χ1) is 12.5. The van der Waals surface area contributed by atoms with E-state index in [1.807, 2.05) is 57.2 Å². The van der Waals surface area contributed by atoms with Crippen LogP contribution in [0, 0.1) is 0 Å². The van der Waals surface area contributed by atoms with Crippen LogP contribution in [0.2, 0.25) is 0 Å². The molecule has 0 aliphatic carbocycles. The van der Waals surface area contributed by atoms with Crippen LogP contribution in [0.1, 0.15) is 48.3 Å². The third-order valence-corrected chi connectivity index (χ3v) is 4.63. The average Bonchev–Trinajstić information content (AvgIpc) is 2.96. The molecular formula is C21H24N2O3. The fourth-order valence-electron chi connectivity index (χ4n) is 3.25. The molecule has 136 valence electrons. The maximum Gasteiger partial charge on any atom is 0.251 e. The van der Waals surface area contributed by atoms with E-state index in [0.29, 0.717) is 25.1 Å².